The van der Waals surface area contributed by atoms with Crippen molar-refractivity contribution in [2.24, 2.45) is 7.05 Å². The fourth-order valence-corrected chi connectivity index (χ4v) is 3.06. The number of aryl methyl sites for hydroxylation is 1. The maximum atomic E-state index is 14.9. The van der Waals surface area contributed by atoms with Crippen LogP contribution in [0.2, 0.25) is 5.02 Å². The van der Waals surface area contributed by atoms with Crippen LogP contribution in [0.3, 0.4) is 0 Å². The smallest absolute Gasteiger partial charge is 0.340 e. The average molecular weight is 413 g/mol. The summed E-state index contributed by atoms with van der Waals surface area (Å²) in [5.74, 6) is -1.31. The number of halogens is 3. The number of nitrogens with zero attached hydrogens (tertiary/aromatic N) is 2. The van der Waals surface area contributed by atoms with Crippen molar-refractivity contribution < 1.29 is 13.9 Å². The molecule has 0 aliphatic rings. The van der Waals surface area contributed by atoms with E-state index in [1.54, 1.807) is 29.8 Å². The van der Waals surface area contributed by atoms with Crippen molar-refractivity contribution in [1.29, 1.82) is 0 Å². The first-order chi connectivity index (χ1) is 11.4. The number of ether oxygens (including phenoxy) is 1. The molecule has 0 aliphatic carbocycles. The van der Waals surface area contributed by atoms with Crippen molar-refractivity contribution in [2.45, 2.75) is 0 Å². The first kappa shape index (κ1) is 16.7. The molecule has 0 saturated heterocycles. The number of nitrogens with one attached hydrogen (secondary N) is 1. The lowest BCUT2D eigenvalue weighted by molar-refractivity contribution is 0.0601. The molecule has 3 rings (SSSR count). The van der Waals surface area contributed by atoms with Crippen LogP contribution in [0.5, 0.6) is 0 Å². The number of aromatic nitrogens is 2. The van der Waals surface area contributed by atoms with Crippen molar-refractivity contribution in [1.82, 2.24) is 9.55 Å². The van der Waals surface area contributed by atoms with Gasteiger partial charge >= 0.3 is 5.97 Å². The van der Waals surface area contributed by atoms with Crippen LogP contribution in [0.1, 0.15) is 10.4 Å². The molecule has 1 N–H and O–H groups in total. The molecule has 0 spiro atoms. The number of rotatable bonds is 3. The quantitative estimate of drug-likeness (QED) is 0.636. The summed E-state index contributed by atoms with van der Waals surface area (Å²) in [7, 11) is 2.96. The van der Waals surface area contributed by atoms with Gasteiger partial charge < -0.3 is 14.6 Å². The fourth-order valence-electron chi connectivity index (χ4n) is 2.34. The van der Waals surface area contributed by atoms with Crippen LogP contribution in [0, 0.1) is 5.82 Å². The summed E-state index contributed by atoms with van der Waals surface area (Å²) in [6.07, 6.45) is 1.48. The van der Waals surface area contributed by atoms with Gasteiger partial charge in [-0.2, -0.15) is 0 Å². The number of fused-ring (bicyclic) bond motifs is 1. The number of carbonyl (C=O) groups excluding carboxylic acids is 1. The van der Waals surface area contributed by atoms with E-state index < -0.39 is 11.8 Å². The van der Waals surface area contributed by atoms with Crippen LogP contribution < -0.4 is 5.32 Å². The molecule has 0 unspecified atom stereocenters. The molecule has 0 amide bonds. The van der Waals surface area contributed by atoms with Crippen molar-refractivity contribution >= 4 is 55.9 Å². The minimum atomic E-state index is -0.660. The van der Waals surface area contributed by atoms with Gasteiger partial charge in [-0.3, -0.25) is 0 Å². The third-order valence-electron chi connectivity index (χ3n) is 3.56. The maximum Gasteiger partial charge on any atom is 0.340 e. The van der Waals surface area contributed by atoms with Gasteiger partial charge in [0.25, 0.3) is 0 Å². The number of benzene rings is 2. The van der Waals surface area contributed by atoms with Crippen LogP contribution in [0.25, 0.3) is 11.0 Å². The van der Waals surface area contributed by atoms with Gasteiger partial charge in [-0.1, -0.05) is 27.5 Å². The number of esters is 1. The molecule has 1 heterocycles. The highest BCUT2D eigenvalue weighted by molar-refractivity contribution is 9.10. The van der Waals surface area contributed by atoms with Crippen LogP contribution in [0.15, 0.2) is 35.1 Å². The molecule has 0 fully saturated rings. The molecule has 8 heteroatoms. The third kappa shape index (κ3) is 2.85. The number of hydrogen-bond acceptors (Lipinski definition) is 4. The second-order valence-electron chi connectivity index (χ2n) is 5.08. The molecule has 5 nitrogen and oxygen atoms in total. The van der Waals surface area contributed by atoms with Gasteiger partial charge in [0.2, 0.25) is 0 Å². The van der Waals surface area contributed by atoms with E-state index in [0.717, 1.165) is 4.47 Å². The number of carbonyl (C=O) groups is 1. The average Bonchev–Trinajstić information content (AvgIpc) is 2.92. The Kier molecular flexibility index (Phi) is 4.47. The second kappa shape index (κ2) is 6.41. The molecule has 124 valence electrons. The van der Waals surface area contributed by atoms with E-state index in [-0.39, 0.29) is 16.8 Å². The zero-order valence-corrected chi connectivity index (χ0v) is 15.1. The Bertz CT molecular complexity index is 958. The zero-order valence-electron chi connectivity index (χ0n) is 12.7. The van der Waals surface area contributed by atoms with Gasteiger partial charge in [0, 0.05) is 11.5 Å². The van der Waals surface area contributed by atoms with Gasteiger partial charge in [-0.05, 0) is 24.3 Å². The van der Waals surface area contributed by atoms with Crippen LogP contribution >= 0.6 is 27.5 Å². The van der Waals surface area contributed by atoms with Gasteiger partial charge in [-0.15, -0.1) is 0 Å². The van der Waals surface area contributed by atoms with Crippen LogP contribution in [-0.4, -0.2) is 22.6 Å². The van der Waals surface area contributed by atoms with E-state index in [1.165, 1.54) is 19.5 Å². The summed E-state index contributed by atoms with van der Waals surface area (Å²) in [5.41, 5.74) is 1.13. The summed E-state index contributed by atoms with van der Waals surface area (Å²) in [4.78, 5) is 16.1. The Balaban J connectivity index is 2.21. The van der Waals surface area contributed by atoms with Gasteiger partial charge in [0.15, 0.2) is 5.82 Å². The third-order valence-corrected chi connectivity index (χ3v) is 4.36. The first-order valence-electron chi connectivity index (χ1n) is 6.86. The van der Waals surface area contributed by atoms with Crippen LogP contribution in [0.4, 0.5) is 15.8 Å². The largest absolute Gasteiger partial charge is 0.465 e. The Morgan fingerprint density at radius 2 is 2.17 bits per heavy atom. The molecular weight excluding hydrogens is 401 g/mol. The van der Waals surface area contributed by atoms with E-state index >= 15 is 0 Å². The fraction of sp³-hybridized carbons (Fsp3) is 0.125. The zero-order chi connectivity index (χ0) is 17.4. The van der Waals surface area contributed by atoms with Gasteiger partial charge in [-0.25, -0.2) is 14.2 Å². The minimum absolute atomic E-state index is 0.0303. The van der Waals surface area contributed by atoms with Crippen molar-refractivity contribution in [2.75, 3.05) is 12.4 Å². The van der Waals surface area contributed by atoms with E-state index in [1.807, 2.05) is 0 Å². The molecule has 0 bridgehead atoms. The predicted octanol–water partition coefficient (Wildman–Crippen LogP) is 4.66. The second-order valence-corrected chi connectivity index (χ2v) is 6.40. The highest BCUT2D eigenvalue weighted by atomic mass is 79.9. The minimum Gasteiger partial charge on any atom is -0.465 e. The molecule has 0 aliphatic heterocycles. The maximum absolute atomic E-state index is 14.9. The Hall–Kier alpha value is -2.12. The standard InChI is InChI=1S/C16H12BrClFN3O2/c1-22-7-20-15-12(22)6-9(16(23)24-2)14(13(15)19)21-11-4-3-8(17)5-10(11)18/h3-7,21H,1-2H3. The Morgan fingerprint density at radius 3 is 2.83 bits per heavy atom. The number of hydrogen-bond donors (Lipinski definition) is 1. The van der Waals surface area contributed by atoms with E-state index in [2.05, 4.69) is 26.2 Å². The number of methoxy groups -OCH3 is 1. The Morgan fingerprint density at radius 1 is 1.42 bits per heavy atom. The summed E-state index contributed by atoms with van der Waals surface area (Å²) < 4.78 is 22.1. The van der Waals surface area contributed by atoms with E-state index in [4.69, 9.17) is 16.3 Å². The summed E-state index contributed by atoms with van der Waals surface area (Å²) in [6.45, 7) is 0. The predicted molar refractivity (Wildman–Crippen MR) is 94.4 cm³/mol. The lowest BCUT2D eigenvalue weighted by Gasteiger charge is -2.14. The number of anilines is 2. The van der Waals surface area contributed by atoms with Gasteiger partial charge in [0.1, 0.15) is 5.52 Å². The Labute approximate surface area is 150 Å². The molecule has 1 aromatic heterocycles. The molecule has 24 heavy (non-hydrogen) atoms. The first-order valence-corrected chi connectivity index (χ1v) is 8.03. The summed E-state index contributed by atoms with van der Waals surface area (Å²) >= 11 is 9.48. The molecule has 0 saturated carbocycles. The van der Waals surface area contributed by atoms with E-state index in [9.17, 15) is 9.18 Å². The highest BCUT2D eigenvalue weighted by Gasteiger charge is 2.22. The van der Waals surface area contributed by atoms with Crippen molar-refractivity contribution in [3.63, 3.8) is 0 Å². The molecular formula is C16H12BrClFN3O2. The molecule has 0 radical (unpaired) electrons. The molecule has 0 atom stereocenters. The lowest BCUT2D eigenvalue weighted by Crippen LogP contribution is -2.08. The van der Waals surface area contributed by atoms with Crippen molar-refractivity contribution in [3.05, 3.63) is 51.5 Å². The van der Waals surface area contributed by atoms with Crippen LogP contribution in [-0.2, 0) is 11.8 Å². The van der Waals surface area contributed by atoms with Gasteiger partial charge in [0.05, 0.1) is 40.9 Å². The molecule has 3 aromatic rings. The van der Waals surface area contributed by atoms with Crippen molar-refractivity contribution in [3.8, 4) is 0 Å². The van der Waals surface area contributed by atoms with E-state index in [0.29, 0.717) is 16.2 Å². The monoisotopic (exact) mass is 411 g/mol. The topological polar surface area (TPSA) is 56.1 Å². The summed E-state index contributed by atoms with van der Waals surface area (Å²) in [5, 5.41) is 3.25. The lowest BCUT2D eigenvalue weighted by atomic mass is 10.1. The summed E-state index contributed by atoms with van der Waals surface area (Å²) in [6, 6.07) is 6.63. The highest BCUT2D eigenvalue weighted by Crippen LogP contribution is 2.34. The SMILES string of the molecule is COC(=O)c1cc2c(ncn2C)c(F)c1Nc1ccc(Br)cc1Cl. The molecule has 2 aromatic carbocycles. The number of imidazole rings is 1. The normalized spacial score (nSPS) is 10.9.